The zero-order valence-corrected chi connectivity index (χ0v) is 24.4. The van der Waals surface area contributed by atoms with Gasteiger partial charge in [0.2, 0.25) is 5.91 Å². The Morgan fingerprint density at radius 2 is 1.85 bits per heavy atom. The summed E-state index contributed by atoms with van der Waals surface area (Å²) in [6, 6.07) is 17.2. The summed E-state index contributed by atoms with van der Waals surface area (Å²) in [5.74, 6) is -1.67. The number of carbonyl (C=O) groups is 2. The lowest BCUT2D eigenvalue weighted by Gasteiger charge is -2.39. The highest BCUT2D eigenvalue weighted by Crippen LogP contribution is 2.57. The number of halogens is 2. The molecule has 1 amide bonds. The zero-order valence-electron chi connectivity index (χ0n) is 22.8. The van der Waals surface area contributed by atoms with E-state index in [4.69, 9.17) is 27.9 Å². The highest BCUT2D eigenvalue weighted by Gasteiger charge is 2.61. The average molecular weight is 583 g/mol. The van der Waals surface area contributed by atoms with Gasteiger partial charge in [-0.15, -0.1) is 0 Å². The van der Waals surface area contributed by atoms with Crippen molar-refractivity contribution in [3.8, 4) is 5.75 Å². The normalized spacial score (nSPS) is 23.5. The molecule has 3 aromatic carbocycles. The number of carboxylic acid groups (broad SMARTS) is 1. The highest BCUT2D eigenvalue weighted by atomic mass is 35.5. The summed E-state index contributed by atoms with van der Waals surface area (Å²) >= 11 is 13.4. The maximum atomic E-state index is 14.3. The Balaban J connectivity index is 1.69. The van der Waals surface area contributed by atoms with Gasteiger partial charge in [0, 0.05) is 39.7 Å². The maximum Gasteiger partial charge on any atom is 0.337 e. The van der Waals surface area contributed by atoms with E-state index < -0.39 is 23.3 Å². The summed E-state index contributed by atoms with van der Waals surface area (Å²) in [7, 11) is 1.44. The van der Waals surface area contributed by atoms with Crippen LogP contribution in [0.5, 0.6) is 5.75 Å². The molecule has 1 fully saturated rings. The molecular formula is C31H33Cl2N3O4. The lowest BCUT2D eigenvalue weighted by molar-refractivity contribution is -0.118. The van der Waals surface area contributed by atoms with E-state index in [1.54, 1.807) is 12.1 Å². The number of fused-ring (bicyclic) bond motifs is 2. The van der Waals surface area contributed by atoms with Gasteiger partial charge in [-0.25, -0.2) is 4.79 Å². The number of para-hydroxylation sites is 1. The quantitative estimate of drug-likeness (QED) is 0.263. The van der Waals surface area contributed by atoms with Crippen LogP contribution in [0.4, 0.5) is 11.4 Å². The molecular weight excluding hydrogens is 549 g/mol. The van der Waals surface area contributed by atoms with Crippen molar-refractivity contribution in [1.29, 1.82) is 0 Å². The molecule has 2 aliphatic rings. The fourth-order valence-corrected chi connectivity index (χ4v) is 6.86. The van der Waals surface area contributed by atoms with Crippen molar-refractivity contribution in [3.05, 3.63) is 87.4 Å². The molecule has 5 rings (SSSR count). The number of aromatic carboxylic acids is 1. The van der Waals surface area contributed by atoms with Gasteiger partial charge in [-0.05, 0) is 59.4 Å². The van der Waals surface area contributed by atoms with Gasteiger partial charge >= 0.3 is 5.97 Å². The van der Waals surface area contributed by atoms with Crippen LogP contribution in [-0.2, 0) is 10.2 Å². The van der Waals surface area contributed by atoms with E-state index >= 15 is 0 Å². The van der Waals surface area contributed by atoms with E-state index in [0.717, 1.165) is 23.2 Å². The number of hydrogen-bond donors (Lipinski definition) is 4. The van der Waals surface area contributed by atoms with E-state index in [1.165, 1.54) is 13.2 Å². The smallest absolute Gasteiger partial charge is 0.337 e. The molecule has 2 heterocycles. The van der Waals surface area contributed by atoms with E-state index in [0.29, 0.717) is 16.6 Å². The van der Waals surface area contributed by atoms with Crippen LogP contribution < -0.4 is 20.7 Å². The number of carbonyl (C=O) groups excluding carboxylic acids is 1. The monoisotopic (exact) mass is 581 g/mol. The van der Waals surface area contributed by atoms with Crippen LogP contribution >= 0.6 is 23.2 Å². The first-order valence-corrected chi connectivity index (χ1v) is 14.0. The Bertz CT molecular complexity index is 1470. The fourth-order valence-electron chi connectivity index (χ4n) is 6.43. The number of hydrogen-bond acceptors (Lipinski definition) is 5. The maximum absolute atomic E-state index is 14.3. The van der Waals surface area contributed by atoms with Gasteiger partial charge in [0.25, 0.3) is 0 Å². The third-order valence-corrected chi connectivity index (χ3v) is 8.59. The number of nitrogens with one attached hydrogen (secondary N) is 3. The van der Waals surface area contributed by atoms with Crippen molar-refractivity contribution < 1.29 is 19.4 Å². The molecule has 0 unspecified atom stereocenters. The molecule has 9 heteroatoms. The van der Waals surface area contributed by atoms with Gasteiger partial charge in [-0.3, -0.25) is 4.79 Å². The summed E-state index contributed by atoms with van der Waals surface area (Å²) in [6.45, 7) is 7.10. The van der Waals surface area contributed by atoms with Crippen molar-refractivity contribution in [2.75, 3.05) is 24.3 Å². The summed E-state index contributed by atoms with van der Waals surface area (Å²) in [5, 5.41) is 21.2. The van der Waals surface area contributed by atoms with E-state index in [9.17, 15) is 14.7 Å². The van der Waals surface area contributed by atoms with Crippen LogP contribution in [0.3, 0.4) is 0 Å². The van der Waals surface area contributed by atoms with Gasteiger partial charge < -0.3 is 25.8 Å². The molecule has 0 radical (unpaired) electrons. The first-order valence-electron chi connectivity index (χ1n) is 13.2. The van der Waals surface area contributed by atoms with Crippen LogP contribution in [0.15, 0.2) is 60.7 Å². The van der Waals surface area contributed by atoms with Crippen molar-refractivity contribution in [2.45, 2.75) is 50.6 Å². The Morgan fingerprint density at radius 3 is 2.52 bits per heavy atom. The van der Waals surface area contributed by atoms with Crippen molar-refractivity contribution in [3.63, 3.8) is 0 Å². The van der Waals surface area contributed by atoms with Gasteiger partial charge in [-0.2, -0.15) is 0 Å². The molecule has 1 saturated heterocycles. The number of ether oxygens (including phenoxy) is 1. The Labute approximate surface area is 244 Å². The van der Waals surface area contributed by atoms with E-state index in [2.05, 4.69) is 36.7 Å². The first-order chi connectivity index (χ1) is 19.0. The third-order valence-electron chi connectivity index (χ3n) is 8.01. The van der Waals surface area contributed by atoms with Crippen LogP contribution in [0.1, 0.15) is 54.6 Å². The molecule has 0 aliphatic carbocycles. The minimum Gasteiger partial charge on any atom is -0.495 e. The number of benzene rings is 3. The fraction of sp³-hybridized carbons (Fsp3) is 0.355. The summed E-state index contributed by atoms with van der Waals surface area (Å²) in [5.41, 5.74) is 2.26. The Kier molecular flexibility index (Phi) is 7.50. The number of carboxylic acids is 1. The number of rotatable bonds is 6. The lowest BCUT2D eigenvalue weighted by atomic mass is 9.63. The van der Waals surface area contributed by atoms with Crippen LogP contribution in [-0.4, -0.2) is 42.7 Å². The second-order valence-corrected chi connectivity index (χ2v) is 12.6. The molecule has 4 atom stereocenters. The van der Waals surface area contributed by atoms with Crippen molar-refractivity contribution in [2.24, 2.45) is 5.41 Å². The number of methoxy groups -OCH3 is 1. The Morgan fingerprint density at radius 1 is 1.10 bits per heavy atom. The molecule has 0 bridgehead atoms. The molecule has 4 N–H and O–H groups in total. The molecule has 0 saturated carbocycles. The Hall–Kier alpha value is -3.26. The van der Waals surface area contributed by atoms with Gasteiger partial charge in [-0.1, -0.05) is 68.2 Å². The van der Waals surface area contributed by atoms with Crippen LogP contribution in [0, 0.1) is 5.41 Å². The van der Waals surface area contributed by atoms with Crippen LogP contribution in [0.25, 0.3) is 0 Å². The largest absolute Gasteiger partial charge is 0.495 e. The van der Waals surface area contributed by atoms with Crippen molar-refractivity contribution in [1.82, 2.24) is 5.32 Å². The predicted molar refractivity (Wildman–Crippen MR) is 159 cm³/mol. The lowest BCUT2D eigenvalue weighted by Crippen LogP contribution is -2.46. The molecule has 40 heavy (non-hydrogen) atoms. The van der Waals surface area contributed by atoms with Gasteiger partial charge in [0.05, 0.1) is 24.4 Å². The predicted octanol–water partition coefficient (Wildman–Crippen LogP) is 6.56. The number of amides is 1. The first kappa shape index (κ1) is 28.3. The minimum absolute atomic E-state index is 0.0550. The molecule has 1 spiro atoms. The van der Waals surface area contributed by atoms with Gasteiger partial charge in [0.1, 0.15) is 5.75 Å². The third kappa shape index (κ3) is 4.91. The molecule has 2 aliphatic heterocycles. The van der Waals surface area contributed by atoms with Gasteiger partial charge in [0.15, 0.2) is 0 Å². The van der Waals surface area contributed by atoms with Crippen molar-refractivity contribution >= 4 is 46.5 Å². The topological polar surface area (TPSA) is 99.7 Å². The molecule has 210 valence electrons. The molecule has 0 aromatic heterocycles. The zero-order chi connectivity index (χ0) is 28.8. The second kappa shape index (κ2) is 10.6. The summed E-state index contributed by atoms with van der Waals surface area (Å²) in [6.07, 6.45) is 0.764. The molecule has 3 aromatic rings. The SMILES string of the molecule is COc1cccc(C(=O)O)c1NC(=O)[C@@H]1N[C@@H](CC(C)(C)C)[C@@]2(CNc3ccc(Cl)cc32)[C@H]1c1ccccc1Cl. The average Bonchev–Trinajstić information content (AvgIpc) is 3.42. The standard InChI is InChI=1S/C31H33Cl2N3O4/c1-30(2,3)15-24-31(16-34-22-13-12-17(32)14-20(22)31)25(18-8-5-6-10-21(18)33)27(35-24)28(37)36-26-19(29(38)39)9-7-11-23(26)40-4/h5-14,24-25,27,34-35H,15-16H2,1-4H3,(H,36,37)(H,38,39)/t24-,25-,27+,31-/m0/s1. The second-order valence-electron chi connectivity index (χ2n) is 11.7. The van der Waals surface area contributed by atoms with E-state index in [-0.39, 0.29) is 34.4 Å². The van der Waals surface area contributed by atoms with E-state index in [1.807, 2.05) is 42.5 Å². The van der Waals surface area contributed by atoms with Crippen LogP contribution in [0.2, 0.25) is 10.0 Å². The molecule has 7 nitrogen and oxygen atoms in total. The minimum atomic E-state index is -1.16. The summed E-state index contributed by atoms with van der Waals surface area (Å²) < 4.78 is 5.43. The highest BCUT2D eigenvalue weighted by molar-refractivity contribution is 6.31. The summed E-state index contributed by atoms with van der Waals surface area (Å²) in [4.78, 5) is 26.3. The number of anilines is 2.